The van der Waals surface area contributed by atoms with E-state index in [1.165, 1.54) is 38.8 Å². The molecule has 1 amide bonds. The number of piperidine rings is 2. The van der Waals surface area contributed by atoms with E-state index in [9.17, 15) is 4.79 Å². The lowest BCUT2D eigenvalue weighted by Crippen LogP contribution is -2.45. The average Bonchev–Trinajstić information content (AvgIpc) is 2.67. The van der Waals surface area contributed by atoms with Gasteiger partial charge in [-0.3, -0.25) is 4.79 Å². The lowest BCUT2D eigenvalue weighted by molar-refractivity contribution is 0.0579. The van der Waals surface area contributed by atoms with Gasteiger partial charge >= 0.3 is 0 Å². The molecule has 0 N–H and O–H groups in total. The Bertz CT molecular complexity index is 587. The van der Waals surface area contributed by atoms with Crippen molar-refractivity contribution in [2.24, 2.45) is 0 Å². The molecule has 2 aliphatic heterocycles. The summed E-state index contributed by atoms with van der Waals surface area (Å²) in [5.74, 6) is 0.714. The van der Waals surface area contributed by atoms with Gasteiger partial charge in [0.1, 0.15) is 5.75 Å². The molecule has 1 aromatic rings. The highest BCUT2D eigenvalue weighted by molar-refractivity contribution is 6.32. The monoisotopic (exact) mass is 364 g/mol. The zero-order valence-electron chi connectivity index (χ0n) is 15.2. The van der Waals surface area contributed by atoms with Gasteiger partial charge in [-0.05, 0) is 69.8 Å². The lowest BCUT2D eigenvalue weighted by atomic mass is 9.97. The number of likely N-dealkylation sites (tertiary alicyclic amines) is 2. The van der Waals surface area contributed by atoms with Gasteiger partial charge in [0.05, 0.1) is 12.1 Å². The topological polar surface area (TPSA) is 32.8 Å². The van der Waals surface area contributed by atoms with E-state index in [-0.39, 0.29) is 5.91 Å². The molecule has 2 fully saturated rings. The van der Waals surface area contributed by atoms with Crippen molar-refractivity contribution >= 4 is 17.5 Å². The van der Waals surface area contributed by atoms with Crippen LogP contribution in [-0.4, -0.2) is 55.0 Å². The summed E-state index contributed by atoms with van der Waals surface area (Å²) in [7, 11) is 1.59. The highest BCUT2D eigenvalue weighted by atomic mass is 35.5. The Morgan fingerprint density at radius 3 is 2.64 bits per heavy atom. The molecule has 1 atom stereocenters. The molecule has 0 spiro atoms. The predicted octanol–water partition coefficient (Wildman–Crippen LogP) is 4.22. The number of benzene rings is 1. The highest BCUT2D eigenvalue weighted by Gasteiger charge is 2.28. The Balaban J connectivity index is 1.64. The van der Waals surface area contributed by atoms with Crippen molar-refractivity contribution in [1.29, 1.82) is 0 Å². The molecule has 0 saturated carbocycles. The van der Waals surface area contributed by atoms with Gasteiger partial charge in [0.15, 0.2) is 0 Å². The predicted molar refractivity (Wildman–Crippen MR) is 102 cm³/mol. The summed E-state index contributed by atoms with van der Waals surface area (Å²) in [4.78, 5) is 17.7. The second kappa shape index (κ2) is 8.91. The number of ether oxygens (including phenoxy) is 1. The van der Waals surface area contributed by atoms with Crippen molar-refractivity contribution < 1.29 is 9.53 Å². The van der Waals surface area contributed by atoms with Crippen molar-refractivity contribution in [2.75, 3.05) is 33.3 Å². The first-order valence-corrected chi connectivity index (χ1v) is 9.93. The first kappa shape index (κ1) is 18.5. The maximum Gasteiger partial charge on any atom is 0.254 e. The van der Waals surface area contributed by atoms with Gasteiger partial charge in [0.2, 0.25) is 0 Å². The summed E-state index contributed by atoms with van der Waals surface area (Å²) in [6, 6.07) is 5.69. The summed E-state index contributed by atoms with van der Waals surface area (Å²) < 4.78 is 5.19. The fraction of sp³-hybridized carbons (Fsp3) is 0.650. The fourth-order valence-corrected chi connectivity index (χ4v) is 4.31. The molecule has 1 unspecified atom stereocenters. The van der Waals surface area contributed by atoms with E-state index in [0.717, 1.165) is 32.4 Å². The number of halogens is 1. The largest absolute Gasteiger partial charge is 0.495 e. The maximum absolute atomic E-state index is 13.0. The molecule has 0 aliphatic carbocycles. The number of nitrogens with zero attached hydrogens (tertiary/aromatic N) is 2. The van der Waals surface area contributed by atoms with Gasteiger partial charge in [-0.2, -0.15) is 0 Å². The molecule has 5 heteroatoms. The van der Waals surface area contributed by atoms with Crippen LogP contribution in [0.2, 0.25) is 5.02 Å². The Labute approximate surface area is 156 Å². The molecule has 2 aliphatic rings. The smallest absolute Gasteiger partial charge is 0.254 e. The summed E-state index contributed by atoms with van der Waals surface area (Å²) in [6.45, 7) is 4.40. The Morgan fingerprint density at radius 2 is 1.92 bits per heavy atom. The molecule has 0 aromatic heterocycles. The van der Waals surface area contributed by atoms with Crippen LogP contribution in [-0.2, 0) is 0 Å². The van der Waals surface area contributed by atoms with Crippen LogP contribution < -0.4 is 4.74 Å². The molecular formula is C20H29ClN2O2. The number of hydrogen-bond donors (Lipinski definition) is 0. The van der Waals surface area contributed by atoms with E-state index in [2.05, 4.69) is 9.80 Å². The SMILES string of the molecule is COc1ccc(C(=O)N2CCCCC2CCN2CCCCC2)cc1Cl. The molecule has 0 radical (unpaired) electrons. The second-order valence-corrected chi connectivity index (χ2v) is 7.60. The standard InChI is InChI=1S/C20H29ClN2O2/c1-25-19-9-8-16(15-18(19)21)20(24)23-13-6-3-7-17(23)10-14-22-11-4-2-5-12-22/h8-9,15,17H,2-7,10-14H2,1H3. The molecule has 138 valence electrons. The van der Waals surface area contributed by atoms with Crippen LogP contribution in [0.15, 0.2) is 18.2 Å². The molecule has 1 aromatic carbocycles. The number of carbonyl (C=O) groups excluding carboxylic acids is 1. The minimum atomic E-state index is 0.105. The van der Waals surface area contributed by atoms with Crippen LogP contribution in [0, 0.1) is 0 Å². The Hall–Kier alpha value is -1.26. The molecule has 25 heavy (non-hydrogen) atoms. The lowest BCUT2D eigenvalue weighted by Gasteiger charge is -2.37. The van der Waals surface area contributed by atoms with Crippen molar-refractivity contribution in [3.05, 3.63) is 28.8 Å². The Morgan fingerprint density at radius 1 is 1.16 bits per heavy atom. The summed E-state index contributed by atoms with van der Waals surface area (Å²) in [5.41, 5.74) is 0.663. The minimum absolute atomic E-state index is 0.105. The van der Waals surface area contributed by atoms with Crippen LogP contribution in [0.25, 0.3) is 0 Å². The minimum Gasteiger partial charge on any atom is -0.495 e. The quantitative estimate of drug-likeness (QED) is 0.784. The number of hydrogen-bond acceptors (Lipinski definition) is 3. The first-order chi connectivity index (χ1) is 12.2. The highest BCUT2D eigenvalue weighted by Crippen LogP contribution is 2.28. The molecule has 3 rings (SSSR count). The van der Waals surface area contributed by atoms with E-state index >= 15 is 0 Å². The van der Waals surface area contributed by atoms with E-state index in [1.807, 2.05) is 6.07 Å². The van der Waals surface area contributed by atoms with Gasteiger partial charge in [0, 0.05) is 24.7 Å². The Kier molecular flexibility index (Phi) is 6.60. The van der Waals surface area contributed by atoms with Crippen LogP contribution >= 0.6 is 11.6 Å². The van der Waals surface area contributed by atoms with E-state index in [1.54, 1.807) is 19.2 Å². The van der Waals surface area contributed by atoms with Gasteiger partial charge < -0.3 is 14.5 Å². The van der Waals surface area contributed by atoms with Gasteiger partial charge in [-0.15, -0.1) is 0 Å². The fourth-order valence-electron chi connectivity index (χ4n) is 4.05. The number of methoxy groups -OCH3 is 1. The van der Waals surface area contributed by atoms with Crippen LogP contribution in [0.1, 0.15) is 55.3 Å². The zero-order chi connectivity index (χ0) is 17.6. The van der Waals surface area contributed by atoms with Crippen LogP contribution in [0.3, 0.4) is 0 Å². The summed E-state index contributed by atoms with van der Waals surface area (Å²) in [6.07, 6.45) is 8.50. The second-order valence-electron chi connectivity index (χ2n) is 7.19. The maximum atomic E-state index is 13.0. The third-order valence-electron chi connectivity index (χ3n) is 5.51. The van der Waals surface area contributed by atoms with Crippen molar-refractivity contribution in [3.8, 4) is 5.75 Å². The zero-order valence-corrected chi connectivity index (χ0v) is 15.9. The van der Waals surface area contributed by atoms with Gasteiger partial charge in [-0.1, -0.05) is 18.0 Å². The van der Waals surface area contributed by atoms with Crippen LogP contribution in [0.5, 0.6) is 5.75 Å². The average molecular weight is 365 g/mol. The molecule has 2 saturated heterocycles. The van der Waals surface area contributed by atoms with Crippen molar-refractivity contribution in [3.63, 3.8) is 0 Å². The van der Waals surface area contributed by atoms with E-state index in [0.29, 0.717) is 22.4 Å². The number of amides is 1. The van der Waals surface area contributed by atoms with Crippen molar-refractivity contribution in [1.82, 2.24) is 9.80 Å². The normalized spacial score (nSPS) is 22.0. The number of rotatable bonds is 5. The van der Waals surface area contributed by atoms with Gasteiger partial charge in [0.25, 0.3) is 5.91 Å². The number of carbonyl (C=O) groups is 1. The van der Waals surface area contributed by atoms with Crippen LogP contribution in [0.4, 0.5) is 0 Å². The van der Waals surface area contributed by atoms with Gasteiger partial charge in [-0.25, -0.2) is 0 Å². The summed E-state index contributed by atoms with van der Waals surface area (Å²) in [5, 5.41) is 0.496. The molecule has 0 bridgehead atoms. The van der Waals surface area contributed by atoms with Crippen molar-refractivity contribution in [2.45, 2.75) is 51.0 Å². The molecular weight excluding hydrogens is 336 g/mol. The molecule has 4 nitrogen and oxygen atoms in total. The van der Waals surface area contributed by atoms with E-state index in [4.69, 9.17) is 16.3 Å². The van der Waals surface area contributed by atoms with E-state index < -0.39 is 0 Å². The third-order valence-corrected chi connectivity index (χ3v) is 5.81. The molecule has 2 heterocycles. The third kappa shape index (κ3) is 4.68. The summed E-state index contributed by atoms with van der Waals surface area (Å²) >= 11 is 6.21. The first-order valence-electron chi connectivity index (χ1n) is 9.56.